The highest BCUT2D eigenvalue weighted by Crippen LogP contribution is 2.32. The van der Waals surface area contributed by atoms with Crippen LogP contribution in [0.3, 0.4) is 0 Å². The van der Waals surface area contributed by atoms with Crippen molar-refractivity contribution in [2.45, 2.75) is 18.9 Å². The van der Waals surface area contributed by atoms with Gasteiger partial charge >= 0.3 is 0 Å². The summed E-state index contributed by atoms with van der Waals surface area (Å²) in [7, 11) is 0. The van der Waals surface area contributed by atoms with E-state index in [1.54, 1.807) is 0 Å². The topological polar surface area (TPSA) is 46.2 Å². The van der Waals surface area contributed by atoms with Crippen LogP contribution in [0.5, 0.6) is 5.75 Å². The van der Waals surface area contributed by atoms with E-state index in [-0.39, 0.29) is 6.04 Å². The zero-order chi connectivity index (χ0) is 11.4. The Balaban J connectivity index is 2.96. The number of rotatable bonds is 4. The molecule has 1 rings (SSSR count). The summed E-state index contributed by atoms with van der Waals surface area (Å²) in [6.07, 6.45) is 3.52. The first-order chi connectivity index (χ1) is 7.06. The minimum atomic E-state index is -0.119. The molecule has 1 atom stereocenters. The van der Waals surface area contributed by atoms with E-state index in [1.165, 1.54) is 0 Å². The van der Waals surface area contributed by atoms with Crippen molar-refractivity contribution in [3.63, 3.8) is 0 Å². The highest BCUT2D eigenvalue weighted by atomic mass is 127. The minimum absolute atomic E-state index is 0.119. The Morgan fingerprint density at radius 1 is 1.47 bits per heavy atom. The molecule has 0 bridgehead atoms. The Labute approximate surface area is 117 Å². The number of allylic oxidation sites excluding steroid dienone is 1. The van der Waals surface area contributed by atoms with Gasteiger partial charge in [0.15, 0.2) is 0 Å². The molecule has 2 nitrogen and oxygen atoms in total. The van der Waals surface area contributed by atoms with Crippen molar-refractivity contribution in [1.29, 1.82) is 0 Å². The summed E-state index contributed by atoms with van der Waals surface area (Å²) >= 11 is 4.34. The van der Waals surface area contributed by atoms with Crippen LogP contribution in [0.1, 0.15) is 24.4 Å². The molecule has 0 saturated carbocycles. The number of aromatic hydroxyl groups is 1. The lowest BCUT2D eigenvalue weighted by molar-refractivity contribution is 0.455. The minimum Gasteiger partial charge on any atom is -0.506 e. The highest BCUT2D eigenvalue weighted by Gasteiger charge is 2.13. The number of phenols is 1. The Morgan fingerprint density at radius 3 is 2.73 bits per heavy atom. The quantitative estimate of drug-likeness (QED) is 0.568. The lowest BCUT2D eigenvalue weighted by Gasteiger charge is -2.14. The van der Waals surface area contributed by atoms with Gasteiger partial charge in [-0.05, 0) is 70.2 Å². The lowest BCUT2D eigenvalue weighted by Crippen LogP contribution is -2.10. The number of nitrogens with two attached hydrogens (primary N) is 1. The van der Waals surface area contributed by atoms with Crippen molar-refractivity contribution < 1.29 is 5.11 Å². The van der Waals surface area contributed by atoms with Gasteiger partial charge in [0.25, 0.3) is 0 Å². The average Bonchev–Trinajstić information content (AvgIpc) is 2.19. The Hall–Kier alpha value is 0.180. The van der Waals surface area contributed by atoms with Gasteiger partial charge in [0.1, 0.15) is 5.75 Å². The summed E-state index contributed by atoms with van der Waals surface area (Å²) in [5.74, 6) is 0.313. The van der Waals surface area contributed by atoms with Crippen LogP contribution in [0.2, 0.25) is 0 Å². The van der Waals surface area contributed by atoms with Crippen LogP contribution >= 0.6 is 45.2 Å². The summed E-state index contributed by atoms with van der Waals surface area (Å²) in [6, 6.07) is 3.75. The molecule has 0 aliphatic heterocycles. The molecule has 0 spiro atoms. The molecule has 0 amide bonds. The maximum atomic E-state index is 9.88. The monoisotopic (exact) mass is 429 g/mol. The molecule has 0 aromatic heterocycles. The third kappa shape index (κ3) is 3.60. The van der Waals surface area contributed by atoms with Crippen LogP contribution < -0.4 is 5.73 Å². The zero-order valence-corrected chi connectivity index (χ0v) is 12.5. The summed E-state index contributed by atoms with van der Waals surface area (Å²) in [6.45, 7) is 3.66. The van der Waals surface area contributed by atoms with Gasteiger partial charge in [-0.15, -0.1) is 6.58 Å². The molecule has 0 radical (unpaired) electrons. The normalized spacial score (nSPS) is 12.5. The number of benzene rings is 1. The Bertz CT molecular complexity index is 366. The maximum absolute atomic E-state index is 9.88. The van der Waals surface area contributed by atoms with Gasteiger partial charge in [-0.1, -0.05) is 6.08 Å². The first-order valence-electron chi connectivity index (χ1n) is 4.60. The van der Waals surface area contributed by atoms with Crippen LogP contribution in [0, 0.1) is 7.14 Å². The standard InChI is InChI=1S/C11H13I2NO/c1-2-3-4-10(14)8-5-7(12)6-9(13)11(8)15/h2,5-6,10,15H,1,3-4,14H2/t10-/m0/s1. The van der Waals surface area contributed by atoms with Crippen LogP contribution in [0.4, 0.5) is 0 Å². The highest BCUT2D eigenvalue weighted by molar-refractivity contribution is 14.1. The van der Waals surface area contributed by atoms with E-state index in [0.717, 1.165) is 25.5 Å². The molecule has 0 saturated heterocycles. The van der Waals surface area contributed by atoms with Crippen molar-refractivity contribution in [3.8, 4) is 5.75 Å². The second kappa shape index (κ2) is 6.05. The second-order valence-corrected chi connectivity index (χ2v) is 5.71. The first kappa shape index (κ1) is 13.2. The molecule has 1 aromatic carbocycles. The summed E-state index contributed by atoms with van der Waals surface area (Å²) in [4.78, 5) is 0. The van der Waals surface area contributed by atoms with E-state index in [2.05, 4.69) is 51.8 Å². The fourth-order valence-corrected chi connectivity index (χ4v) is 3.21. The van der Waals surface area contributed by atoms with Crippen LogP contribution in [0.25, 0.3) is 0 Å². The smallest absolute Gasteiger partial charge is 0.133 e. The van der Waals surface area contributed by atoms with Gasteiger partial charge in [-0.2, -0.15) is 0 Å². The summed E-state index contributed by atoms with van der Waals surface area (Å²) in [5.41, 5.74) is 6.83. The largest absolute Gasteiger partial charge is 0.506 e. The van der Waals surface area contributed by atoms with E-state index < -0.39 is 0 Å². The van der Waals surface area contributed by atoms with E-state index in [4.69, 9.17) is 5.73 Å². The van der Waals surface area contributed by atoms with Gasteiger partial charge in [0, 0.05) is 15.2 Å². The molecule has 15 heavy (non-hydrogen) atoms. The molecule has 82 valence electrons. The third-order valence-electron chi connectivity index (χ3n) is 2.14. The van der Waals surface area contributed by atoms with Crippen LogP contribution in [0.15, 0.2) is 24.8 Å². The first-order valence-corrected chi connectivity index (χ1v) is 6.76. The number of phenolic OH excluding ortho intramolecular Hbond substituents is 1. The van der Waals surface area contributed by atoms with E-state index >= 15 is 0 Å². The van der Waals surface area contributed by atoms with E-state index in [9.17, 15) is 5.11 Å². The predicted molar refractivity (Wildman–Crippen MR) is 79.9 cm³/mol. The molecule has 0 aliphatic carbocycles. The molecule has 0 heterocycles. The molecule has 1 aromatic rings. The molecule has 3 N–H and O–H groups in total. The molecular weight excluding hydrogens is 416 g/mol. The predicted octanol–water partition coefficient (Wildman–Crippen LogP) is 3.57. The summed E-state index contributed by atoms with van der Waals surface area (Å²) < 4.78 is 1.95. The Morgan fingerprint density at radius 2 is 2.13 bits per heavy atom. The van der Waals surface area contributed by atoms with Crippen LogP contribution in [-0.4, -0.2) is 5.11 Å². The van der Waals surface area contributed by atoms with E-state index in [1.807, 2.05) is 18.2 Å². The lowest BCUT2D eigenvalue weighted by atomic mass is 10.0. The number of halogens is 2. The van der Waals surface area contributed by atoms with Gasteiger partial charge < -0.3 is 10.8 Å². The third-order valence-corrected chi connectivity index (χ3v) is 3.58. The summed E-state index contributed by atoms with van der Waals surface area (Å²) in [5, 5.41) is 9.88. The fraction of sp³-hybridized carbons (Fsp3) is 0.273. The average molecular weight is 429 g/mol. The van der Waals surface area contributed by atoms with Gasteiger partial charge in [-0.25, -0.2) is 0 Å². The van der Waals surface area contributed by atoms with Gasteiger partial charge in [0.05, 0.1) is 3.57 Å². The van der Waals surface area contributed by atoms with Gasteiger partial charge in [-0.3, -0.25) is 0 Å². The van der Waals surface area contributed by atoms with Crippen LogP contribution in [-0.2, 0) is 0 Å². The SMILES string of the molecule is C=CCC[C@H](N)c1cc(I)cc(I)c1O. The zero-order valence-electron chi connectivity index (χ0n) is 8.21. The number of hydrogen-bond donors (Lipinski definition) is 2. The van der Waals surface area contributed by atoms with E-state index in [0.29, 0.717) is 5.75 Å². The molecular formula is C11H13I2NO. The van der Waals surface area contributed by atoms with Crippen molar-refractivity contribution in [3.05, 3.63) is 37.5 Å². The van der Waals surface area contributed by atoms with Crippen molar-refractivity contribution >= 4 is 45.2 Å². The van der Waals surface area contributed by atoms with Crippen molar-refractivity contribution in [2.75, 3.05) is 0 Å². The fourth-order valence-electron chi connectivity index (χ4n) is 1.32. The maximum Gasteiger partial charge on any atom is 0.133 e. The number of hydrogen-bond acceptors (Lipinski definition) is 2. The molecule has 0 aliphatic rings. The molecule has 4 heteroatoms. The van der Waals surface area contributed by atoms with Crippen molar-refractivity contribution in [2.24, 2.45) is 5.73 Å². The Kier molecular flexibility index (Phi) is 5.34. The molecule has 0 fully saturated rings. The van der Waals surface area contributed by atoms with Crippen molar-refractivity contribution in [1.82, 2.24) is 0 Å². The molecule has 0 unspecified atom stereocenters. The van der Waals surface area contributed by atoms with Gasteiger partial charge in [0.2, 0.25) is 0 Å². The second-order valence-electron chi connectivity index (χ2n) is 3.30.